The van der Waals surface area contributed by atoms with Crippen molar-refractivity contribution in [2.45, 2.75) is 38.1 Å². The van der Waals surface area contributed by atoms with Gasteiger partial charge in [0.25, 0.3) is 0 Å². The van der Waals surface area contributed by atoms with Crippen LogP contribution in [0.15, 0.2) is 0 Å². The van der Waals surface area contributed by atoms with Crippen LogP contribution in [-0.2, 0) is 9.53 Å². The second-order valence-corrected chi connectivity index (χ2v) is 4.91. The number of carbonyl (C=O) groups is 1. The van der Waals surface area contributed by atoms with Gasteiger partial charge in [-0.25, -0.2) is 0 Å². The van der Waals surface area contributed by atoms with Crippen LogP contribution in [0.1, 0.15) is 32.1 Å². The maximum absolute atomic E-state index is 11.5. The van der Waals surface area contributed by atoms with Gasteiger partial charge in [0.1, 0.15) is 0 Å². The summed E-state index contributed by atoms with van der Waals surface area (Å²) in [6.07, 6.45) is 5.76. The van der Waals surface area contributed by atoms with Gasteiger partial charge in [-0.3, -0.25) is 4.79 Å². The van der Waals surface area contributed by atoms with Gasteiger partial charge in [0.05, 0.1) is 5.41 Å². The van der Waals surface area contributed by atoms with Crippen LogP contribution in [0.5, 0.6) is 0 Å². The van der Waals surface area contributed by atoms with Crippen molar-refractivity contribution in [3.63, 3.8) is 0 Å². The first-order valence-corrected chi connectivity index (χ1v) is 5.72. The number of rotatable bonds is 1. The molecule has 3 nitrogen and oxygen atoms in total. The first-order chi connectivity index (χ1) is 6.83. The molecule has 0 bridgehead atoms. The molecule has 1 amide bonds. The summed E-state index contributed by atoms with van der Waals surface area (Å²) in [6, 6.07) is 0.479. The predicted molar refractivity (Wildman–Crippen MR) is 51.8 cm³/mol. The van der Waals surface area contributed by atoms with Crippen LogP contribution in [0.2, 0.25) is 0 Å². The van der Waals surface area contributed by atoms with E-state index in [9.17, 15) is 4.79 Å². The molecule has 2 heterocycles. The Hall–Kier alpha value is -0.570. The van der Waals surface area contributed by atoms with Crippen molar-refractivity contribution in [3.05, 3.63) is 0 Å². The highest BCUT2D eigenvalue weighted by Gasteiger charge is 2.60. The van der Waals surface area contributed by atoms with E-state index in [-0.39, 0.29) is 5.41 Å². The molecule has 1 N–H and O–H groups in total. The quantitative estimate of drug-likeness (QED) is 0.636. The molecular formula is C11H17NO2. The number of nitrogens with one attached hydrogen (secondary N) is 1. The van der Waals surface area contributed by atoms with E-state index in [4.69, 9.17) is 4.74 Å². The summed E-state index contributed by atoms with van der Waals surface area (Å²) in [5.41, 5.74) is 0.0714. The van der Waals surface area contributed by atoms with Gasteiger partial charge in [0.15, 0.2) is 0 Å². The van der Waals surface area contributed by atoms with Crippen molar-refractivity contribution >= 4 is 5.91 Å². The monoisotopic (exact) mass is 195 g/mol. The second kappa shape index (κ2) is 2.96. The molecule has 2 aliphatic heterocycles. The molecule has 1 saturated carbocycles. The van der Waals surface area contributed by atoms with Crippen molar-refractivity contribution < 1.29 is 9.53 Å². The normalized spacial score (nSPS) is 36.0. The lowest BCUT2D eigenvalue weighted by atomic mass is 9.55. The molecule has 1 aliphatic carbocycles. The third-order valence-corrected chi connectivity index (χ3v) is 4.32. The van der Waals surface area contributed by atoms with E-state index in [0.717, 1.165) is 38.9 Å². The van der Waals surface area contributed by atoms with E-state index in [1.807, 2.05) is 0 Å². The summed E-state index contributed by atoms with van der Waals surface area (Å²) in [7, 11) is 0. The van der Waals surface area contributed by atoms with Crippen LogP contribution in [0.3, 0.4) is 0 Å². The van der Waals surface area contributed by atoms with Gasteiger partial charge in [-0.15, -0.1) is 0 Å². The third-order valence-electron chi connectivity index (χ3n) is 4.32. The zero-order chi connectivity index (χ0) is 9.60. The highest BCUT2D eigenvalue weighted by molar-refractivity contribution is 5.91. The summed E-state index contributed by atoms with van der Waals surface area (Å²) in [6.45, 7) is 1.76. The van der Waals surface area contributed by atoms with Crippen molar-refractivity contribution in [1.82, 2.24) is 5.32 Å². The van der Waals surface area contributed by atoms with Gasteiger partial charge in [-0.1, -0.05) is 6.42 Å². The molecule has 3 aliphatic rings. The highest BCUT2D eigenvalue weighted by Crippen LogP contribution is 2.52. The van der Waals surface area contributed by atoms with Gasteiger partial charge in [0, 0.05) is 19.3 Å². The SMILES string of the molecule is O=C1NC(C2CCOCC2)C12CCC2. The average molecular weight is 195 g/mol. The Balaban J connectivity index is 1.70. The molecule has 3 fully saturated rings. The van der Waals surface area contributed by atoms with Crippen LogP contribution in [0.4, 0.5) is 0 Å². The molecule has 0 aromatic rings. The molecule has 78 valence electrons. The Labute approximate surface area is 84.2 Å². The lowest BCUT2D eigenvalue weighted by molar-refractivity contribution is -0.160. The highest BCUT2D eigenvalue weighted by atomic mass is 16.5. The van der Waals surface area contributed by atoms with Crippen LogP contribution in [0.25, 0.3) is 0 Å². The molecule has 1 atom stereocenters. The topological polar surface area (TPSA) is 38.3 Å². The van der Waals surface area contributed by atoms with Gasteiger partial charge in [-0.05, 0) is 31.6 Å². The zero-order valence-electron chi connectivity index (χ0n) is 8.42. The number of hydrogen-bond acceptors (Lipinski definition) is 2. The molecule has 3 heteroatoms. The summed E-state index contributed by atoms with van der Waals surface area (Å²) < 4.78 is 5.35. The standard InChI is InChI=1S/C11H17NO2/c13-10-11(4-1-5-11)9(12-10)8-2-6-14-7-3-8/h8-9H,1-7H2,(H,12,13). The fraction of sp³-hybridized carbons (Fsp3) is 0.909. The third kappa shape index (κ3) is 0.991. The first kappa shape index (κ1) is 8.72. The second-order valence-electron chi connectivity index (χ2n) is 4.91. The van der Waals surface area contributed by atoms with Crippen molar-refractivity contribution in [2.75, 3.05) is 13.2 Å². The maximum Gasteiger partial charge on any atom is 0.228 e. The Morgan fingerprint density at radius 1 is 1.29 bits per heavy atom. The molecule has 2 saturated heterocycles. The average Bonchev–Trinajstić information content (AvgIpc) is 2.13. The predicted octanol–water partition coefficient (Wildman–Crippen LogP) is 1.08. The van der Waals surface area contributed by atoms with Gasteiger partial charge in [0.2, 0.25) is 5.91 Å². The van der Waals surface area contributed by atoms with E-state index >= 15 is 0 Å². The van der Waals surface area contributed by atoms with Crippen LogP contribution in [0, 0.1) is 11.3 Å². The van der Waals surface area contributed by atoms with E-state index < -0.39 is 0 Å². The molecule has 0 radical (unpaired) electrons. The Morgan fingerprint density at radius 3 is 2.50 bits per heavy atom. The lowest BCUT2D eigenvalue weighted by Gasteiger charge is -2.57. The Kier molecular flexibility index (Phi) is 1.84. The zero-order valence-corrected chi connectivity index (χ0v) is 8.42. The number of ether oxygens (including phenoxy) is 1. The van der Waals surface area contributed by atoms with Crippen LogP contribution in [-0.4, -0.2) is 25.2 Å². The summed E-state index contributed by atoms with van der Waals surface area (Å²) in [5, 5.41) is 3.11. The largest absolute Gasteiger partial charge is 0.381 e. The first-order valence-electron chi connectivity index (χ1n) is 5.72. The fourth-order valence-electron chi connectivity index (χ4n) is 3.20. The van der Waals surface area contributed by atoms with E-state index in [0.29, 0.717) is 17.9 Å². The summed E-state index contributed by atoms with van der Waals surface area (Å²) in [5.74, 6) is 1.00. The Morgan fingerprint density at radius 2 is 2.00 bits per heavy atom. The van der Waals surface area contributed by atoms with Crippen molar-refractivity contribution in [1.29, 1.82) is 0 Å². The smallest absolute Gasteiger partial charge is 0.228 e. The molecular weight excluding hydrogens is 178 g/mol. The molecule has 0 aromatic heterocycles. The van der Waals surface area contributed by atoms with Gasteiger partial charge < -0.3 is 10.1 Å². The van der Waals surface area contributed by atoms with E-state index in [1.54, 1.807) is 0 Å². The minimum absolute atomic E-state index is 0.0714. The lowest BCUT2D eigenvalue weighted by Crippen LogP contribution is -2.72. The maximum atomic E-state index is 11.5. The number of hydrogen-bond donors (Lipinski definition) is 1. The molecule has 0 aromatic carbocycles. The van der Waals surface area contributed by atoms with E-state index in [2.05, 4.69) is 5.32 Å². The van der Waals surface area contributed by atoms with Gasteiger partial charge >= 0.3 is 0 Å². The molecule has 3 rings (SSSR count). The van der Waals surface area contributed by atoms with Crippen molar-refractivity contribution in [3.8, 4) is 0 Å². The number of β-lactam (4-membered cyclic amide) rings is 1. The van der Waals surface area contributed by atoms with Gasteiger partial charge in [-0.2, -0.15) is 0 Å². The minimum Gasteiger partial charge on any atom is -0.381 e. The molecule has 14 heavy (non-hydrogen) atoms. The van der Waals surface area contributed by atoms with Crippen LogP contribution >= 0.6 is 0 Å². The van der Waals surface area contributed by atoms with Crippen molar-refractivity contribution in [2.24, 2.45) is 11.3 Å². The number of carbonyl (C=O) groups excluding carboxylic acids is 1. The van der Waals surface area contributed by atoms with Crippen LogP contribution < -0.4 is 5.32 Å². The summed E-state index contributed by atoms with van der Waals surface area (Å²) >= 11 is 0. The minimum atomic E-state index is 0.0714. The van der Waals surface area contributed by atoms with E-state index in [1.165, 1.54) is 6.42 Å². The Bertz CT molecular complexity index is 254. The fourth-order valence-corrected chi connectivity index (χ4v) is 3.20. The molecule has 1 unspecified atom stereocenters. The summed E-state index contributed by atoms with van der Waals surface area (Å²) in [4.78, 5) is 11.5. The molecule has 1 spiro atoms. The number of amides is 1.